The Bertz CT molecular complexity index is 996. The number of ether oxygens (including phenoxy) is 2. The summed E-state index contributed by atoms with van der Waals surface area (Å²) in [5, 5.41) is 0.771. The lowest BCUT2D eigenvalue weighted by atomic mass is 10.1. The monoisotopic (exact) mass is 434 g/mol. The van der Waals surface area contributed by atoms with E-state index in [9.17, 15) is 9.18 Å². The highest BCUT2D eigenvalue weighted by molar-refractivity contribution is 7.80. The Balaban J connectivity index is 1.88. The van der Waals surface area contributed by atoms with E-state index in [2.05, 4.69) is 0 Å². The number of thiocarbonyl (C=S) groups is 1. The van der Waals surface area contributed by atoms with Crippen molar-refractivity contribution in [3.63, 3.8) is 0 Å². The number of methoxy groups -OCH3 is 1. The molecule has 3 rings (SSSR count). The number of nitrogens with zero attached hydrogens (tertiary/aromatic N) is 2. The third-order valence-corrected chi connectivity index (χ3v) is 5.26. The van der Waals surface area contributed by atoms with Gasteiger partial charge in [-0.15, -0.1) is 0 Å². The lowest BCUT2D eigenvalue weighted by molar-refractivity contribution is -0.122. The predicted molar refractivity (Wildman–Crippen MR) is 114 cm³/mol. The molecule has 1 fully saturated rings. The fraction of sp³-hybridized carbons (Fsp3) is 0.238. The molecule has 1 amide bonds. The van der Waals surface area contributed by atoms with Crippen LogP contribution in [0.4, 0.5) is 4.39 Å². The highest BCUT2D eigenvalue weighted by Gasteiger charge is 2.34. The molecular formula is C21H20ClFN2O3S. The van der Waals surface area contributed by atoms with Crippen LogP contribution in [-0.2, 0) is 11.4 Å². The summed E-state index contributed by atoms with van der Waals surface area (Å²) in [6.07, 6.45) is 1.70. The zero-order valence-corrected chi connectivity index (χ0v) is 17.8. The number of likely N-dealkylation sites (N-methyl/N-ethyl adjacent to an activating group) is 2. The summed E-state index contributed by atoms with van der Waals surface area (Å²) in [5.41, 5.74) is 1.78. The molecule has 0 saturated carbocycles. The molecule has 152 valence electrons. The Morgan fingerprint density at radius 1 is 1.28 bits per heavy atom. The van der Waals surface area contributed by atoms with Crippen LogP contribution in [0.25, 0.3) is 6.08 Å². The second kappa shape index (κ2) is 8.80. The molecule has 1 heterocycles. The fourth-order valence-electron chi connectivity index (χ4n) is 2.99. The van der Waals surface area contributed by atoms with Crippen molar-refractivity contribution in [1.82, 2.24) is 9.80 Å². The number of hydrogen-bond acceptors (Lipinski definition) is 4. The first-order valence-corrected chi connectivity index (χ1v) is 9.70. The second-order valence-electron chi connectivity index (χ2n) is 6.37. The maximum absolute atomic E-state index is 13.4. The van der Waals surface area contributed by atoms with Gasteiger partial charge in [0.25, 0.3) is 5.91 Å². The molecule has 29 heavy (non-hydrogen) atoms. The van der Waals surface area contributed by atoms with Gasteiger partial charge in [-0.1, -0.05) is 23.7 Å². The lowest BCUT2D eigenvalue weighted by Gasteiger charge is -2.14. The molecule has 5 nitrogen and oxygen atoms in total. The molecule has 1 saturated heterocycles. The smallest absolute Gasteiger partial charge is 0.276 e. The minimum absolute atomic E-state index is 0.134. The Morgan fingerprint density at radius 2 is 2.03 bits per heavy atom. The Hall–Kier alpha value is -2.64. The molecule has 1 aliphatic heterocycles. The molecule has 2 aromatic carbocycles. The summed E-state index contributed by atoms with van der Waals surface area (Å²) in [6.45, 7) is 2.50. The van der Waals surface area contributed by atoms with Crippen molar-refractivity contribution < 1.29 is 18.7 Å². The summed E-state index contributed by atoms with van der Waals surface area (Å²) in [6, 6.07) is 9.53. The van der Waals surface area contributed by atoms with Crippen molar-refractivity contribution in [3.05, 3.63) is 64.1 Å². The SMILES string of the molecule is CCN1C(=O)/C(=C/c2cc(Cl)c(OCc3cccc(F)c3)c(OC)c2)N(C)C1=S. The zero-order chi connectivity index (χ0) is 21.1. The third kappa shape index (κ3) is 4.36. The topological polar surface area (TPSA) is 42.0 Å². The van der Waals surface area contributed by atoms with Crippen LogP contribution in [0.2, 0.25) is 5.02 Å². The number of carbonyl (C=O) groups excluding carboxylic acids is 1. The van der Waals surface area contributed by atoms with Crippen molar-refractivity contribution in [3.8, 4) is 11.5 Å². The summed E-state index contributed by atoms with van der Waals surface area (Å²) in [7, 11) is 3.25. The van der Waals surface area contributed by atoms with Gasteiger partial charge in [-0.05, 0) is 60.6 Å². The largest absolute Gasteiger partial charge is 0.493 e. The first-order valence-electron chi connectivity index (χ1n) is 8.91. The van der Waals surface area contributed by atoms with Crippen LogP contribution in [0.3, 0.4) is 0 Å². The molecule has 0 radical (unpaired) electrons. The second-order valence-corrected chi connectivity index (χ2v) is 7.15. The maximum Gasteiger partial charge on any atom is 0.276 e. The van der Waals surface area contributed by atoms with E-state index in [4.69, 9.17) is 33.3 Å². The van der Waals surface area contributed by atoms with Gasteiger partial charge in [-0.3, -0.25) is 9.69 Å². The normalized spacial score (nSPS) is 15.4. The number of halogens is 2. The van der Waals surface area contributed by atoms with Crippen LogP contribution in [0.1, 0.15) is 18.1 Å². The van der Waals surface area contributed by atoms with Crippen LogP contribution >= 0.6 is 23.8 Å². The van der Waals surface area contributed by atoms with E-state index in [1.54, 1.807) is 42.3 Å². The molecule has 0 unspecified atom stereocenters. The lowest BCUT2D eigenvalue weighted by Crippen LogP contribution is -2.30. The van der Waals surface area contributed by atoms with E-state index >= 15 is 0 Å². The molecule has 0 spiro atoms. The predicted octanol–water partition coefficient (Wildman–Crippen LogP) is 4.49. The van der Waals surface area contributed by atoms with E-state index in [0.29, 0.717) is 45.0 Å². The number of rotatable bonds is 6. The van der Waals surface area contributed by atoms with Crippen LogP contribution in [0.15, 0.2) is 42.1 Å². The van der Waals surface area contributed by atoms with E-state index in [0.717, 1.165) is 0 Å². The summed E-state index contributed by atoms with van der Waals surface area (Å²) < 4.78 is 24.5. The Labute approximate surface area is 179 Å². The van der Waals surface area contributed by atoms with Gasteiger partial charge in [0.05, 0.1) is 12.1 Å². The molecule has 0 N–H and O–H groups in total. The standard InChI is InChI=1S/C21H20ClFN2O3S/c1-4-25-20(26)17(24(2)21(25)29)10-14-9-16(22)19(18(11-14)27-3)28-12-13-6-5-7-15(23)8-13/h5-11H,4,12H2,1-3H3/b17-10-. The minimum Gasteiger partial charge on any atom is -0.493 e. The molecule has 2 aromatic rings. The van der Waals surface area contributed by atoms with Crippen molar-refractivity contribution in [2.75, 3.05) is 20.7 Å². The van der Waals surface area contributed by atoms with Gasteiger partial charge in [-0.25, -0.2) is 4.39 Å². The minimum atomic E-state index is -0.337. The molecule has 0 aliphatic carbocycles. The molecule has 8 heteroatoms. The summed E-state index contributed by atoms with van der Waals surface area (Å²) >= 11 is 11.7. The highest BCUT2D eigenvalue weighted by atomic mass is 35.5. The van der Waals surface area contributed by atoms with Gasteiger partial charge >= 0.3 is 0 Å². The average molecular weight is 435 g/mol. The zero-order valence-electron chi connectivity index (χ0n) is 16.2. The van der Waals surface area contributed by atoms with Gasteiger partial charge in [-0.2, -0.15) is 0 Å². The van der Waals surface area contributed by atoms with Crippen molar-refractivity contribution >= 4 is 40.9 Å². The van der Waals surface area contributed by atoms with E-state index in [-0.39, 0.29) is 18.3 Å². The number of amides is 1. The molecular weight excluding hydrogens is 415 g/mol. The summed E-state index contributed by atoms with van der Waals surface area (Å²) in [4.78, 5) is 15.8. The molecule has 0 bridgehead atoms. The maximum atomic E-state index is 13.4. The van der Waals surface area contributed by atoms with Gasteiger partial charge in [0.2, 0.25) is 0 Å². The Morgan fingerprint density at radius 3 is 2.66 bits per heavy atom. The first kappa shape index (κ1) is 21.1. The van der Waals surface area contributed by atoms with E-state index in [1.807, 2.05) is 6.92 Å². The molecule has 1 aliphatic rings. The van der Waals surface area contributed by atoms with Crippen molar-refractivity contribution in [1.29, 1.82) is 0 Å². The van der Waals surface area contributed by atoms with Gasteiger partial charge < -0.3 is 14.4 Å². The van der Waals surface area contributed by atoms with Crippen molar-refractivity contribution in [2.45, 2.75) is 13.5 Å². The molecule has 0 aromatic heterocycles. The van der Waals surface area contributed by atoms with Crippen LogP contribution in [0.5, 0.6) is 11.5 Å². The van der Waals surface area contributed by atoms with E-state index < -0.39 is 0 Å². The number of hydrogen-bond donors (Lipinski definition) is 0. The first-order chi connectivity index (χ1) is 13.8. The molecule has 0 atom stereocenters. The summed E-state index contributed by atoms with van der Waals surface area (Å²) in [5.74, 6) is 0.248. The van der Waals surface area contributed by atoms with Crippen molar-refractivity contribution in [2.24, 2.45) is 0 Å². The number of carbonyl (C=O) groups is 1. The van der Waals surface area contributed by atoms with Gasteiger partial charge in [0, 0.05) is 13.6 Å². The third-order valence-electron chi connectivity index (χ3n) is 4.49. The van der Waals surface area contributed by atoms with Gasteiger partial charge in [0.1, 0.15) is 18.1 Å². The fourth-order valence-corrected chi connectivity index (χ4v) is 3.58. The van der Waals surface area contributed by atoms with Crippen LogP contribution in [-0.4, -0.2) is 41.5 Å². The van der Waals surface area contributed by atoms with Gasteiger partial charge in [0.15, 0.2) is 16.6 Å². The quantitative estimate of drug-likeness (QED) is 0.495. The van der Waals surface area contributed by atoms with Crippen LogP contribution < -0.4 is 9.47 Å². The number of benzene rings is 2. The highest BCUT2D eigenvalue weighted by Crippen LogP contribution is 2.38. The Kier molecular flexibility index (Phi) is 6.39. The van der Waals surface area contributed by atoms with E-state index in [1.165, 1.54) is 24.1 Å². The average Bonchev–Trinajstić information content (AvgIpc) is 2.89. The van der Waals surface area contributed by atoms with Crippen LogP contribution in [0, 0.1) is 5.82 Å².